The highest BCUT2D eigenvalue weighted by Crippen LogP contribution is 1.91. The molecule has 0 saturated heterocycles. The molecule has 12 heavy (non-hydrogen) atoms. The molecule has 0 aliphatic carbocycles. The summed E-state index contributed by atoms with van der Waals surface area (Å²) < 4.78 is 4.74. The second-order valence-corrected chi connectivity index (χ2v) is 2.29. The normalized spacial score (nSPS) is 11.2. The molecule has 2 heteroatoms. The molecule has 0 aromatic rings. The molecule has 68 valence electrons. The summed E-state index contributed by atoms with van der Waals surface area (Å²) in [5.74, 6) is -0.158. The Hall–Kier alpha value is -1.05. The van der Waals surface area contributed by atoms with Crippen molar-refractivity contribution < 1.29 is 9.53 Å². The lowest BCUT2D eigenvalue weighted by Gasteiger charge is -1.95. The van der Waals surface area contributed by atoms with Crippen molar-refractivity contribution in [3.05, 3.63) is 24.3 Å². The van der Waals surface area contributed by atoms with Gasteiger partial charge < -0.3 is 4.74 Å². The van der Waals surface area contributed by atoms with Gasteiger partial charge in [-0.1, -0.05) is 24.3 Å². The van der Waals surface area contributed by atoms with Crippen LogP contribution in [0.5, 0.6) is 0 Å². The number of ether oxygens (including phenoxy) is 1. The molecule has 0 radical (unpaired) electrons. The first-order chi connectivity index (χ1) is 5.81. The SMILES string of the molecule is C/C=C/C/C=C/CC(=O)OCC. The summed E-state index contributed by atoms with van der Waals surface area (Å²) in [7, 11) is 0. The Morgan fingerprint density at radius 2 is 2.08 bits per heavy atom. The van der Waals surface area contributed by atoms with Gasteiger partial charge in [-0.2, -0.15) is 0 Å². The first-order valence-corrected chi connectivity index (χ1v) is 4.23. The van der Waals surface area contributed by atoms with E-state index in [1.807, 2.05) is 31.2 Å². The number of carbonyl (C=O) groups excluding carboxylic acids is 1. The van der Waals surface area contributed by atoms with E-state index >= 15 is 0 Å². The molecule has 0 aliphatic heterocycles. The lowest BCUT2D eigenvalue weighted by Crippen LogP contribution is -2.01. The van der Waals surface area contributed by atoms with Crippen LogP contribution in [0.4, 0.5) is 0 Å². The average Bonchev–Trinajstić information content (AvgIpc) is 2.05. The number of rotatable bonds is 5. The molecule has 0 bridgehead atoms. The lowest BCUT2D eigenvalue weighted by atomic mass is 10.3. The fourth-order valence-corrected chi connectivity index (χ4v) is 0.710. The monoisotopic (exact) mass is 168 g/mol. The van der Waals surface area contributed by atoms with Crippen LogP contribution >= 0.6 is 0 Å². The van der Waals surface area contributed by atoms with Crippen LogP contribution in [-0.4, -0.2) is 12.6 Å². The number of esters is 1. The fraction of sp³-hybridized carbons (Fsp3) is 0.500. The predicted molar refractivity (Wildman–Crippen MR) is 49.8 cm³/mol. The van der Waals surface area contributed by atoms with E-state index in [1.165, 1.54) is 0 Å². The zero-order valence-electron chi connectivity index (χ0n) is 7.75. The predicted octanol–water partition coefficient (Wildman–Crippen LogP) is 2.46. The minimum Gasteiger partial charge on any atom is -0.466 e. The smallest absolute Gasteiger partial charge is 0.309 e. The zero-order chi connectivity index (χ0) is 9.23. The average molecular weight is 168 g/mol. The van der Waals surface area contributed by atoms with Gasteiger partial charge in [-0.25, -0.2) is 0 Å². The highest BCUT2D eigenvalue weighted by atomic mass is 16.5. The highest BCUT2D eigenvalue weighted by molar-refractivity contribution is 5.71. The molecule has 0 saturated carbocycles. The van der Waals surface area contributed by atoms with E-state index in [9.17, 15) is 4.79 Å². The van der Waals surface area contributed by atoms with Crippen molar-refractivity contribution in [1.29, 1.82) is 0 Å². The van der Waals surface area contributed by atoms with Crippen molar-refractivity contribution in [2.24, 2.45) is 0 Å². The van der Waals surface area contributed by atoms with Crippen molar-refractivity contribution in [2.45, 2.75) is 26.7 Å². The summed E-state index contributed by atoms with van der Waals surface area (Å²) in [5, 5.41) is 0. The van der Waals surface area contributed by atoms with Gasteiger partial charge in [0.15, 0.2) is 0 Å². The van der Waals surface area contributed by atoms with Crippen LogP contribution in [0.3, 0.4) is 0 Å². The third-order valence-electron chi connectivity index (χ3n) is 1.26. The number of allylic oxidation sites excluding steroid dienone is 3. The fourth-order valence-electron chi connectivity index (χ4n) is 0.710. The molecule has 0 aromatic heterocycles. The Bertz CT molecular complexity index is 169. The number of carbonyl (C=O) groups is 1. The molecule has 2 nitrogen and oxygen atoms in total. The maximum atomic E-state index is 10.8. The zero-order valence-corrected chi connectivity index (χ0v) is 7.75. The lowest BCUT2D eigenvalue weighted by molar-refractivity contribution is -0.142. The minimum atomic E-state index is -0.158. The molecule has 0 rings (SSSR count). The van der Waals surface area contributed by atoms with Crippen LogP contribution in [0, 0.1) is 0 Å². The quantitative estimate of drug-likeness (QED) is 0.465. The van der Waals surface area contributed by atoms with E-state index in [2.05, 4.69) is 0 Å². The van der Waals surface area contributed by atoms with E-state index in [1.54, 1.807) is 6.92 Å². The molecule has 0 fully saturated rings. The van der Waals surface area contributed by atoms with Gasteiger partial charge >= 0.3 is 5.97 Å². The van der Waals surface area contributed by atoms with Crippen LogP contribution in [0.2, 0.25) is 0 Å². The largest absolute Gasteiger partial charge is 0.466 e. The molecule has 0 atom stereocenters. The third-order valence-corrected chi connectivity index (χ3v) is 1.26. The first-order valence-electron chi connectivity index (χ1n) is 4.23. The molecule has 0 unspecified atom stereocenters. The van der Waals surface area contributed by atoms with Gasteiger partial charge in [0.25, 0.3) is 0 Å². The topological polar surface area (TPSA) is 26.3 Å². The molecule has 0 heterocycles. The van der Waals surface area contributed by atoms with Gasteiger partial charge in [0.2, 0.25) is 0 Å². The number of hydrogen-bond acceptors (Lipinski definition) is 2. The molecule has 0 aliphatic rings. The van der Waals surface area contributed by atoms with Gasteiger partial charge in [0, 0.05) is 0 Å². The third kappa shape index (κ3) is 7.06. The van der Waals surface area contributed by atoms with Crippen molar-refractivity contribution in [3.8, 4) is 0 Å². The Morgan fingerprint density at radius 3 is 2.67 bits per heavy atom. The van der Waals surface area contributed by atoms with E-state index in [0.717, 1.165) is 6.42 Å². The van der Waals surface area contributed by atoms with Crippen molar-refractivity contribution in [1.82, 2.24) is 0 Å². The van der Waals surface area contributed by atoms with Gasteiger partial charge in [0.1, 0.15) is 0 Å². The van der Waals surface area contributed by atoms with Crippen LogP contribution in [-0.2, 0) is 9.53 Å². The molecule has 0 aromatic carbocycles. The Labute approximate surface area is 73.9 Å². The summed E-state index contributed by atoms with van der Waals surface area (Å²) in [6, 6.07) is 0. The summed E-state index contributed by atoms with van der Waals surface area (Å²) in [5.41, 5.74) is 0. The second kappa shape index (κ2) is 8.05. The van der Waals surface area contributed by atoms with Gasteiger partial charge in [-0.15, -0.1) is 0 Å². The number of hydrogen-bond donors (Lipinski definition) is 0. The van der Waals surface area contributed by atoms with Crippen molar-refractivity contribution in [3.63, 3.8) is 0 Å². The van der Waals surface area contributed by atoms with Gasteiger partial charge in [0.05, 0.1) is 13.0 Å². The maximum Gasteiger partial charge on any atom is 0.309 e. The molecular formula is C10H16O2. The standard InChI is InChI=1S/C10H16O2/c1-3-5-6-7-8-9-10(11)12-4-2/h3,5,7-8H,4,6,9H2,1-2H3/b5-3+,8-7+. The van der Waals surface area contributed by atoms with Crippen LogP contribution in [0.25, 0.3) is 0 Å². The van der Waals surface area contributed by atoms with Crippen molar-refractivity contribution in [2.75, 3.05) is 6.61 Å². The van der Waals surface area contributed by atoms with Crippen LogP contribution in [0.1, 0.15) is 26.7 Å². The first kappa shape index (κ1) is 11.0. The van der Waals surface area contributed by atoms with Crippen LogP contribution < -0.4 is 0 Å². The van der Waals surface area contributed by atoms with Crippen LogP contribution in [0.15, 0.2) is 24.3 Å². The summed E-state index contributed by atoms with van der Waals surface area (Å²) in [6.07, 6.45) is 9.06. The minimum absolute atomic E-state index is 0.158. The summed E-state index contributed by atoms with van der Waals surface area (Å²) in [4.78, 5) is 10.8. The van der Waals surface area contributed by atoms with E-state index in [0.29, 0.717) is 13.0 Å². The Morgan fingerprint density at radius 1 is 1.33 bits per heavy atom. The molecule has 0 N–H and O–H groups in total. The van der Waals surface area contributed by atoms with Crippen molar-refractivity contribution >= 4 is 5.97 Å². The van der Waals surface area contributed by atoms with E-state index in [-0.39, 0.29) is 5.97 Å². The highest BCUT2D eigenvalue weighted by Gasteiger charge is 1.94. The Balaban J connectivity index is 3.39. The Kier molecular flexibility index (Phi) is 7.35. The van der Waals surface area contributed by atoms with E-state index in [4.69, 9.17) is 4.74 Å². The molecule has 0 spiro atoms. The molecule has 0 amide bonds. The molecular weight excluding hydrogens is 152 g/mol. The van der Waals surface area contributed by atoms with Gasteiger partial charge in [-0.3, -0.25) is 4.79 Å². The summed E-state index contributed by atoms with van der Waals surface area (Å²) >= 11 is 0. The van der Waals surface area contributed by atoms with E-state index < -0.39 is 0 Å². The second-order valence-electron chi connectivity index (χ2n) is 2.29. The summed E-state index contributed by atoms with van der Waals surface area (Å²) in [6.45, 7) is 4.24. The van der Waals surface area contributed by atoms with Gasteiger partial charge in [-0.05, 0) is 20.3 Å². The maximum absolute atomic E-state index is 10.8.